The summed E-state index contributed by atoms with van der Waals surface area (Å²) in [5.74, 6) is 0.00943. The number of thioether (sulfide) groups is 1. The Bertz CT molecular complexity index is 1100. The number of benzene rings is 2. The normalized spacial score (nSPS) is 15.7. The van der Waals surface area contributed by atoms with Crippen molar-refractivity contribution in [3.63, 3.8) is 0 Å². The van der Waals surface area contributed by atoms with Crippen LogP contribution in [0, 0.1) is 24.1 Å². The number of halogens is 1. The van der Waals surface area contributed by atoms with E-state index in [9.17, 15) is 9.65 Å². The Kier molecular flexibility index (Phi) is 4.80. The molecule has 1 aliphatic heterocycles. The number of nitrogens with zero attached hydrogens (tertiary/aromatic N) is 2. The summed E-state index contributed by atoms with van der Waals surface area (Å²) in [5, 5.41) is 16.9. The molecule has 2 heterocycles. The summed E-state index contributed by atoms with van der Waals surface area (Å²) < 4.78 is 19.4. The van der Waals surface area contributed by atoms with Crippen molar-refractivity contribution in [2.24, 2.45) is 5.73 Å². The third-order valence-corrected chi connectivity index (χ3v) is 5.64. The molecule has 140 valence electrons. The molecule has 0 aliphatic carbocycles. The van der Waals surface area contributed by atoms with E-state index in [1.165, 1.54) is 17.7 Å². The molecular weight excluding hydrogens is 375 g/mol. The second-order valence-corrected chi connectivity index (χ2v) is 7.55. The predicted molar refractivity (Wildman–Crippen MR) is 105 cm³/mol. The molecule has 0 saturated heterocycles. The van der Waals surface area contributed by atoms with Gasteiger partial charge in [-0.2, -0.15) is 5.26 Å². The lowest BCUT2D eigenvalue weighted by Gasteiger charge is -2.24. The first-order valence-corrected chi connectivity index (χ1v) is 9.65. The molecule has 7 heteroatoms. The molecule has 3 N–H and O–H groups in total. The SMILES string of the molecule is Cc1ccc(SCc2[nH]nc3c2C(c2cccc(F)c2)C(C#N)=C(N)O3)cc1. The van der Waals surface area contributed by atoms with Gasteiger partial charge in [0, 0.05) is 10.6 Å². The summed E-state index contributed by atoms with van der Waals surface area (Å²) in [7, 11) is 0. The Morgan fingerprint density at radius 1 is 1.29 bits per heavy atom. The van der Waals surface area contributed by atoms with E-state index >= 15 is 0 Å². The van der Waals surface area contributed by atoms with Crippen molar-refractivity contribution in [2.75, 3.05) is 0 Å². The van der Waals surface area contributed by atoms with Crippen LogP contribution in [0.2, 0.25) is 0 Å². The maximum absolute atomic E-state index is 13.9. The van der Waals surface area contributed by atoms with Crippen molar-refractivity contribution in [3.05, 3.63) is 88.2 Å². The standard InChI is InChI=1S/C21H17FN4OS/c1-12-5-7-15(8-6-12)28-11-17-19-18(13-3-2-4-14(22)9-13)16(10-23)20(24)27-21(19)26-25-17/h2-9,18H,11,24H2,1H3,(H,25,26). The number of nitriles is 1. The predicted octanol–water partition coefficient (Wildman–Crippen LogP) is 4.37. The highest BCUT2D eigenvalue weighted by molar-refractivity contribution is 7.98. The molecule has 0 saturated carbocycles. The molecule has 1 aliphatic rings. The number of fused-ring (bicyclic) bond motifs is 1. The molecule has 0 radical (unpaired) electrons. The number of allylic oxidation sites excluding steroid dienone is 1. The van der Waals surface area contributed by atoms with Crippen LogP contribution in [0.15, 0.2) is 64.9 Å². The Morgan fingerprint density at radius 2 is 2.07 bits per heavy atom. The average molecular weight is 392 g/mol. The van der Waals surface area contributed by atoms with Crippen LogP contribution in [0.1, 0.15) is 28.3 Å². The molecule has 0 bridgehead atoms. The van der Waals surface area contributed by atoms with Gasteiger partial charge in [-0.05, 0) is 36.8 Å². The molecule has 4 rings (SSSR count). The van der Waals surface area contributed by atoms with Crippen molar-refractivity contribution < 1.29 is 9.13 Å². The Hall–Kier alpha value is -3.24. The number of aromatic amines is 1. The molecule has 2 aromatic carbocycles. The lowest BCUT2D eigenvalue weighted by molar-refractivity contribution is 0.378. The van der Waals surface area contributed by atoms with Gasteiger partial charge in [0.15, 0.2) is 0 Å². The maximum atomic E-state index is 13.9. The fourth-order valence-electron chi connectivity index (χ4n) is 3.23. The van der Waals surface area contributed by atoms with Crippen molar-refractivity contribution in [3.8, 4) is 11.9 Å². The van der Waals surface area contributed by atoms with Gasteiger partial charge in [-0.25, -0.2) is 4.39 Å². The summed E-state index contributed by atoms with van der Waals surface area (Å²) in [6.45, 7) is 2.04. The van der Waals surface area contributed by atoms with E-state index in [1.807, 2.05) is 6.92 Å². The van der Waals surface area contributed by atoms with E-state index in [0.717, 1.165) is 16.2 Å². The van der Waals surface area contributed by atoms with Crippen LogP contribution in [0.4, 0.5) is 4.39 Å². The molecule has 0 fully saturated rings. The quantitative estimate of drug-likeness (QED) is 0.644. The molecule has 1 unspecified atom stereocenters. The van der Waals surface area contributed by atoms with Gasteiger partial charge in [0.1, 0.15) is 17.5 Å². The number of ether oxygens (including phenoxy) is 1. The second kappa shape index (κ2) is 7.41. The first-order valence-electron chi connectivity index (χ1n) is 8.66. The van der Waals surface area contributed by atoms with Gasteiger partial charge in [-0.15, -0.1) is 16.9 Å². The molecule has 28 heavy (non-hydrogen) atoms. The molecule has 5 nitrogen and oxygen atoms in total. The fraction of sp³-hybridized carbons (Fsp3) is 0.143. The zero-order chi connectivity index (χ0) is 19.7. The summed E-state index contributed by atoms with van der Waals surface area (Å²) in [6.07, 6.45) is 0. The van der Waals surface area contributed by atoms with E-state index in [0.29, 0.717) is 17.2 Å². The van der Waals surface area contributed by atoms with Crippen LogP contribution in [-0.2, 0) is 5.75 Å². The average Bonchev–Trinajstić information content (AvgIpc) is 3.08. The van der Waals surface area contributed by atoms with Crippen LogP contribution in [0.3, 0.4) is 0 Å². The lowest BCUT2D eigenvalue weighted by Crippen LogP contribution is -2.21. The third-order valence-electron chi connectivity index (χ3n) is 4.60. The number of nitrogens with two attached hydrogens (primary N) is 1. The number of H-pyrrole nitrogens is 1. The van der Waals surface area contributed by atoms with E-state index in [-0.39, 0.29) is 17.3 Å². The summed E-state index contributed by atoms with van der Waals surface area (Å²) in [5.41, 5.74) is 9.55. The monoisotopic (exact) mass is 392 g/mol. The van der Waals surface area contributed by atoms with E-state index in [2.05, 4.69) is 40.5 Å². The van der Waals surface area contributed by atoms with Gasteiger partial charge in [0.25, 0.3) is 0 Å². The number of aromatic nitrogens is 2. The van der Waals surface area contributed by atoms with Gasteiger partial charge in [0.2, 0.25) is 11.8 Å². The summed E-state index contributed by atoms with van der Waals surface area (Å²) >= 11 is 1.64. The van der Waals surface area contributed by atoms with Crippen LogP contribution in [0.25, 0.3) is 0 Å². The molecular formula is C21H17FN4OS. The van der Waals surface area contributed by atoms with Crippen molar-refractivity contribution in [1.82, 2.24) is 10.2 Å². The van der Waals surface area contributed by atoms with Crippen LogP contribution in [-0.4, -0.2) is 10.2 Å². The highest BCUT2D eigenvalue weighted by Crippen LogP contribution is 2.44. The minimum atomic E-state index is -0.531. The first kappa shape index (κ1) is 18.1. The van der Waals surface area contributed by atoms with Gasteiger partial charge in [-0.1, -0.05) is 29.8 Å². The Balaban J connectivity index is 1.73. The van der Waals surface area contributed by atoms with Crippen molar-refractivity contribution >= 4 is 11.8 Å². The summed E-state index contributed by atoms with van der Waals surface area (Å²) in [6, 6.07) is 16.5. The zero-order valence-corrected chi connectivity index (χ0v) is 15.9. The third kappa shape index (κ3) is 3.35. The van der Waals surface area contributed by atoms with Crippen LogP contribution >= 0.6 is 11.8 Å². The number of rotatable bonds is 4. The molecule has 1 aromatic heterocycles. The van der Waals surface area contributed by atoms with Crippen molar-refractivity contribution in [1.29, 1.82) is 5.26 Å². The molecule has 3 aromatic rings. The van der Waals surface area contributed by atoms with Gasteiger partial charge < -0.3 is 10.5 Å². The minimum Gasteiger partial charge on any atom is -0.420 e. The second-order valence-electron chi connectivity index (χ2n) is 6.50. The van der Waals surface area contributed by atoms with Gasteiger partial charge >= 0.3 is 0 Å². The highest BCUT2D eigenvalue weighted by atomic mass is 32.2. The zero-order valence-electron chi connectivity index (χ0n) is 15.1. The van der Waals surface area contributed by atoms with Gasteiger partial charge in [-0.3, -0.25) is 5.10 Å². The molecule has 0 spiro atoms. The maximum Gasteiger partial charge on any atom is 0.244 e. The first-order chi connectivity index (χ1) is 13.6. The van der Waals surface area contributed by atoms with E-state index in [4.69, 9.17) is 10.5 Å². The van der Waals surface area contributed by atoms with E-state index in [1.54, 1.807) is 23.9 Å². The smallest absolute Gasteiger partial charge is 0.244 e. The van der Waals surface area contributed by atoms with Crippen molar-refractivity contribution in [2.45, 2.75) is 23.5 Å². The fourth-order valence-corrected chi connectivity index (χ4v) is 4.09. The Morgan fingerprint density at radius 3 is 2.79 bits per heavy atom. The Labute approximate surface area is 166 Å². The summed E-state index contributed by atoms with van der Waals surface area (Å²) in [4.78, 5) is 1.11. The van der Waals surface area contributed by atoms with Crippen LogP contribution < -0.4 is 10.5 Å². The van der Waals surface area contributed by atoms with Crippen LogP contribution in [0.5, 0.6) is 5.88 Å². The lowest BCUT2D eigenvalue weighted by atomic mass is 9.84. The number of hydrogen-bond donors (Lipinski definition) is 2. The minimum absolute atomic E-state index is 0.00602. The highest BCUT2D eigenvalue weighted by Gasteiger charge is 2.35. The number of nitrogens with one attached hydrogen (secondary N) is 1. The molecule has 1 atom stereocenters. The largest absolute Gasteiger partial charge is 0.420 e. The van der Waals surface area contributed by atoms with E-state index < -0.39 is 5.92 Å². The molecule has 0 amide bonds. The van der Waals surface area contributed by atoms with Gasteiger partial charge in [0.05, 0.1) is 17.2 Å². The number of hydrogen-bond acceptors (Lipinski definition) is 5. The topological polar surface area (TPSA) is 87.7 Å². The number of aryl methyl sites for hydroxylation is 1.